The van der Waals surface area contributed by atoms with Gasteiger partial charge in [-0.3, -0.25) is 4.98 Å². The molecule has 0 saturated carbocycles. The number of halogens is 1. The minimum atomic E-state index is -0.200. The van der Waals surface area contributed by atoms with Gasteiger partial charge in [0.25, 0.3) is 0 Å². The number of ether oxygens (including phenoxy) is 3. The Morgan fingerprint density at radius 2 is 1.77 bits per heavy atom. The highest BCUT2D eigenvalue weighted by atomic mass is 35.5. The van der Waals surface area contributed by atoms with Crippen molar-refractivity contribution in [2.75, 3.05) is 32.8 Å². The van der Waals surface area contributed by atoms with Crippen LogP contribution in [0.5, 0.6) is 17.2 Å². The Bertz CT molecular complexity index is 2050. The molecule has 0 aliphatic carbocycles. The third-order valence-corrected chi connectivity index (χ3v) is 10.9. The molecule has 3 heterocycles. The van der Waals surface area contributed by atoms with Gasteiger partial charge in [-0.25, -0.2) is 4.98 Å². The van der Waals surface area contributed by atoms with Crippen molar-refractivity contribution in [1.82, 2.24) is 20.2 Å². The third kappa shape index (κ3) is 10.1. The summed E-state index contributed by atoms with van der Waals surface area (Å²) < 4.78 is 19.0. The lowest BCUT2D eigenvalue weighted by Crippen LogP contribution is -2.24. The summed E-state index contributed by atoms with van der Waals surface area (Å²) in [5, 5.41) is 23.2. The average molecular weight is 752 g/mol. The Labute approximate surface area is 321 Å². The maximum atomic E-state index is 9.80. The summed E-state index contributed by atoms with van der Waals surface area (Å²) in [4.78, 5) is 12.1. The number of aliphatic hydroxyl groups excluding tert-OH is 1. The molecule has 0 amide bonds. The highest BCUT2D eigenvalue weighted by molar-refractivity contribution is 7.09. The number of hydrogen-bond acceptors (Lipinski definition) is 10. The topological polar surface area (TPSA) is 113 Å². The Morgan fingerprint density at radius 3 is 2.55 bits per heavy atom. The van der Waals surface area contributed by atoms with Gasteiger partial charge in [0.1, 0.15) is 36.5 Å². The molecule has 0 radical (unpaired) electrons. The first-order valence-corrected chi connectivity index (χ1v) is 19.3. The lowest BCUT2D eigenvalue weighted by atomic mass is 9.93. The molecule has 6 rings (SSSR count). The maximum Gasteiger partial charge on any atom is 0.142 e. The van der Waals surface area contributed by atoms with Gasteiger partial charge in [0.05, 0.1) is 34.5 Å². The van der Waals surface area contributed by atoms with E-state index in [1.54, 1.807) is 23.6 Å². The van der Waals surface area contributed by atoms with Gasteiger partial charge in [-0.15, -0.1) is 11.3 Å². The minimum Gasteiger partial charge on any atom is -0.493 e. The van der Waals surface area contributed by atoms with Crippen molar-refractivity contribution in [3.05, 3.63) is 121 Å². The number of likely N-dealkylation sites (tertiary alicyclic amines) is 1. The van der Waals surface area contributed by atoms with Crippen molar-refractivity contribution < 1.29 is 19.3 Å². The van der Waals surface area contributed by atoms with Crippen molar-refractivity contribution in [2.45, 2.75) is 65.9 Å². The molecule has 0 spiro atoms. The van der Waals surface area contributed by atoms with Gasteiger partial charge in [0, 0.05) is 67.2 Å². The van der Waals surface area contributed by atoms with Crippen molar-refractivity contribution >= 4 is 22.9 Å². The van der Waals surface area contributed by atoms with Gasteiger partial charge in [-0.2, -0.15) is 5.26 Å². The van der Waals surface area contributed by atoms with Gasteiger partial charge in [0.2, 0.25) is 0 Å². The van der Waals surface area contributed by atoms with Crippen LogP contribution in [0.3, 0.4) is 0 Å². The summed E-state index contributed by atoms with van der Waals surface area (Å²) in [5.74, 6) is 2.05. The molecule has 1 fully saturated rings. The number of aromatic nitrogens is 2. The van der Waals surface area contributed by atoms with E-state index in [0.717, 1.165) is 95.8 Å². The molecular formula is C42H46ClN5O4S. The van der Waals surface area contributed by atoms with E-state index in [2.05, 4.69) is 64.4 Å². The van der Waals surface area contributed by atoms with E-state index in [1.807, 2.05) is 36.7 Å². The highest BCUT2D eigenvalue weighted by Gasteiger charge is 2.20. The van der Waals surface area contributed by atoms with Crippen molar-refractivity contribution in [2.24, 2.45) is 0 Å². The third-order valence-electron chi connectivity index (χ3n) is 9.65. The molecule has 2 aromatic heterocycles. The number of benzene rings is 3. The van der Waals surface area contributed by atoms with E-state index in [-0.39, 0.29) is 12.7 Å². The number of aryl methyl sites for hydroxylation is 1. The van der Waals surface area contributed by atoms with E-state index in [1.165, 1.54) is 11.1 Å². The second-order valence-electron chi connectivity index (χ2n) is 13.4. The number of pyridine rings is 1. The maximum absolute atomic E-state index is 9.80. The van der Waals surface area contributed by atoms with Gasteiger partial charge in [0.15, 0.2) is 0 Å². The standard InChI is InChI=1S/C42H46ClN5O4S/c1-28-33(7-4-8-36(28)37-9-5-10-39(29(37)2)50-16-6-14-48-15-12-35(49)24-48)26-52-41-19-40(51-25-32-17-31(20-44)21-46-22-32)34(18-38(41)43)23-45-13-11-42-30(3)47-27-53-42/h4-5,7-10,17-19,21-22,27,35,45,49H,6,11-16,23-26H2,1-3H3/t35-/m1/s1. The molecule has 9 nitrogen and oxygen atoms in total. The highest BCUT2D eigenvalue weighted by Crippen LogP contribution is 2.36. The Morgan fingerprint density at radius 1 is 0.962 bits per heavy atom. The number of β-amino-alcohol motifs (C(OH)–C–C–N with tert-alkyl or cyclic N) is 1. The average Bonchev–Trinajstić information content (AvgIpc) is 3.78. The summed E-state index contributed by atoms with van der Waals surface area (Å²) >= 11 is 8.52. The van der Waals surface area contributed by atoms with E-state index >= 15 is 0 Å². The summed E-state index contributed by atoms with van der Waals surface area (Å²) in [6.07, 6.45) is 5.68. The van der Waals surface area contributed by atoms with Crippen molar-refractivity contribution in [3.8, 4) is 34.4 Å². The predicted octanol–water partition coefficient (Wildman–Crippen LogP) is 7.98. The molecule has 1 saturated heterocycles. The van der Waals surface area contributed by atoms with E-state index in [4.69, 9.17) is 25.8 Å². The van der Waals surface area contributed by atoms with Gasteiger partial charge < -0.3 is 29.5 Å². The quantitative estimate of drug-likeness (QED) is 0.0914. The number of hydrogen-bond donors (Lipinski definition) is 2. The van der Waals surface area contributed by atoms with Crippen LogP contribution >= 0.6 is 22.9 Å². The number of thiazole rings is 1. The number of nitrogens with zero attached hydrogens (tertiary/aromatic N) is 4. The fourth-order valence-corrected chi connectivity index (χ4v) is 7.60. The number of aliphatic hydroxyl groups is 1. The molecule has 53 heavy (non-hydrogen) atoms. The zero-order valence-electron chi connectivity index (χ0n) is 30.5. The van der Waals surface area contributed by atoms with E-state index in [9.17, 15) is 10.4 Å². The molecule has 0 unspecified atom stereocenters. The summed E-state index contributed by atoms with van der Waals surface area (Å²) in [6, 6.07) is 20.1. The van der Waals surface area contributed by atoms with Crippen LogP contribution in [0, 0.1) is 32.1 Å². The monoisotopic (exact) mass is 751 g/mol. The first-order chi connectivity index (χ1) is 25.8. The smallest absolute Gasteiger partial charge is 0.142 e. The molecule has 0 bridgehead atoms. The molecular weight excluding hydrogens is 706 g/mol. The molecule has 2 N–H and O–H groups in total. The van der Waals surface area contributed by atoms with Gasteiger partial charge >= 0.3 is 0 Å². The molecule has 3 aromatic carbocycles. The number of nitriles is 1. The second-order valence-corrected chi connectivity index (χ2v) is 14.8. The Balaban J connectivity index is 1.14. The Hall–Kier alpha value is -4.50. The first kappa shape index (κ1) is 38.2. The molecule has 5 aromatic rings. The van der Waals surface area contributed by atoms with Crippen LogP contribution < -0.4 is 19.5 Å². The van der Waals surface area contributed by atoms with Crippen molar-refractivity contribution in [3.63, 3.8) is 0 Å². The van der Waals surface area contributed by atoms with Crippen LogP contribution in [0.2, 0.25) is 5.02 Å². The molecule has 1 atom stereocenters. The number of nitrogens with one attached hydrogen (secondary N) is 1. The molecule has 1 aliphatic heterocycles. The van der Waals surface area contributed by atoms with Crippen LogP contribution in [0.1, 0.15) is 56.8 Å². The van der Waals surface area contributed by atoms with Crippen LogP contribution in [0.25, 0.3) is 11.1 Å². The zero-order valence-corrected chi connectivity index (χ0v) is 32.1. The summed E-state index contributed by atoms with van der Waals surface area (Å²) in [6.45, 7) is 11.4. The minimum absolute atomic E-state index is 0.200. The normalized spacial score (nSPS) is 14.3. The molecule has 276 valence electrons. The van der Waals surface area contributed by atoms with Crippen LogP contribution in [-0.4, -0.2) is 58.9 Å². The Kier molecular flexibility index (Phi) is 13.3. The molecule has 11 heteroatoms. The molecule has 1 aliphatic rings. The van der Waals surface area contributed by atoms with Crippen molar-refractivity contribution in [1.29, 1.82) is 5.26 Å². The van der Waals surface area contributed by atoms with Crippen LogP contribution in [-0.2, 0) is 26.2 Å². The summed E-state index contributed by atoms with van der Waals surface area (Å²) in [7, 11) is 0. The van der Waals surface area contributed by atoms with Crippen LogP contribution in [0.15, 0.2) is 72.5 Å². The van der Waals surface area contributed by atoms with Gasteiger partial charge in [-0.1, -0.05) is 41.9 Å². The fraction of sp³-hybridized carbons (Fsp3) is 0.357. The zero-order chi connectivity index (χ0) is 37.2. The largest absolute Gasteiger partial charge is 0.493 e. The number of rotatable bonds is 17. The SMILES string of the molecule is Cc1ncsc1CCNCc1cc(Cl)c(OCc2cccc(-c3cccc(OCCCN4CC[C@@H](O)C4)c3C)c2C)cc1OCc1cncc(C#N)c1. The summed E-state index contributed by atoms with van der Waals surface area (Å²) in [5.41, 5.74) is 10.6. The second kappa shape index (κ2) is 18.5. The van der Waals surface area contributed by atoms with E-state index < -0.39 is 0 Å². The predicted molar refractivity (Wildman–Crippen MR) is 210 cm³/mol. The first-order valence-electron chi connectivity index (χ1n) is 18.0. The lowest BCUT2D eigenvalue weighted by Gasteiger charge is -2.19. The van der Waals surface area contributed by atoms with Gasteiger partial charge in [-0.05, 0) is 86.1 Å². The fourth-order valence-electron chi connectivity index (χ4n) is 6.57. The lowest BCUT2D eigenvalue weighted by molar-refractivity contribution is 0.173. The van der Waals surface area contributed by atoms with Crippen LogP contribution in [0.4, 0.5) is 0 Å². The van der Waals surface area contributed by atoms with E-state index in [0.29, 0.717) is 41.8 Å².